The van der Waals surface area contributed by atoms with E-state index in [0.717, 1.165) is 16.9 Å². The lowest BCUT2D eigenvalue weighted by Crippen LogP contribution is -2.44. The SMILES string of the molecule is CCOc1ccc([C@H]2Nn3c(nnc3-c3ccccc3)S[C@@H]2C(=O)NCCOC)cc1. The fourth-order valence-electron chi connectivity index (χ4n) is 3.39. The Balaban J connectivity index is 1.66. The van der Waals surface area contributed by atoms with Crippen molar-refractivity contribution in [1.29, 1.82) is 0 Å². The van der Waals surface area contributed by atoms with Crippen LogP contribution in [0.25, 0.3) is 11.4 Å². The molecule has 3 aromatic rings. The third-order valence-corrected chi connectivity index (χ3v) is 6.10. The lowest BCUT2D eigenvalue weighted by Gasteiger charge is -2.33. The summed E-state index contributed by atoms with van der Waals surface area (Å²) in [5.41, 5.74) is 5.39. The number of rotatable bonds is 8. The molecule has 1 aliphatic rings. The minimum atomic E-state index is -0.421. The van der Waals surface area contributed by atoms with Crippen molar-refractivity contribution < 1.29 is 14.3 Å². The summed E-state index contributed by atoms with van der Waals surface area (Å²) in [5, 5.41) is 11.9. The molecule has 0 radical (unpaired) electrons. The van der Waals surface area contributed by atoms with Crippen molar-refractivity contribution in [3.63, 3.8) is 0 Å². The van der Waals surface area contributed by atoms with Crippen LogP contribution in [0.5, 0.6) is 5.75 Å². The number of thioether (sulfide) groups is 1. The predicted molar refractivity (Wildman–Crippen MR) is 120 cm³/mol. The zero-order chi connectivity index (χ0) is 21.6. The summed E-state index contributed by atoms with van der Waals surface area (Å²) in [7, 11) is 1.61. The van der Waals surface area contributed by atoms with E-state index in [-0.39, 0.29) is 11.9 Å². The molecule has 0 bridgehead atoms. The number of nitrogens with one attached hydrogen (secondary N) is 2. The van der Waals surface area contributed by atoms with Gasteiger partial charge in [0, 0.05) is 19.2 Å². The van der Waals surface area contributed by atoms with E-state index in [4.69, 9.17) is 9.47 Å². The van der Waals surface area contributed by atoms with Crippen molar-refractivity contribution in [2.45, 2.75) is 23.4 Å². The van der Waals surface area contributed by atoms with E-state index in [1.54, 1.807) is 7.11 Å². The normalized spacial score (nSPS) is 17.5. The highest BCUT2D eigenvalue weighted by molar-refractivity contribution is 8.00. The van der Waals surface area contributed by atoms with E-state index < -0.39 is 5.25 Å². The van der Waals surface area contributed by atoms with Gasteiger partial charge in [0.25, 0.3) is 0 Å². The molecule has 0 fully saturated rings. The lowest BCUT2D eigenvalue weighted by atomic mass is 10.0. The Bertz CT molecular complexity index is 1010. The molecule has 8 nitrogen and oxygen atoms in total. The van der Waals surface area contributed by atoms with E-state index in [1.165, 1.54) is 11.8 Å². The number of benzene rings is 2. The number of fused-ring (bicyclic) bond motifs is 1. The molecule has 1 amide bonds. The molecule has 0 aliphatic carbocycles. The molecule has 162 valence electrons. The molecule has 9 heteroatoms. The zero-order valence-corrected chi connectivity index (χ0v) is 18.3. The number of nitrogens with zero attached hydrogens (tertiary/aromatic N) is 3. The van der Waals surface area contributed by atoms with Gasteiger partial charge in [0.05, 0.1) is 19.3 Å². The molecule has 4 rings (SSSR count). The highest BCUT2D eigenvalue weighted by Crippen LogP contribution is 2.38. The van der Waals surface area contributed by atoms with Crippen molar-refractivity contribution in [2.75, 3.05) is 32.3 Å². The van der Waals surface area contributed by atoms with Crippen LogP contribution in [0.3, 0.4) is 0 Å². The Kier molecular flexibility index (Phi) is 6.73. The summed E-state index contributed by atoms with van der Waals surface area (Å²) in [4.78, 5) is 13.0. The van der Waals surface area contributed by atoms with Crippen LogP contribution in [0, 0.1) is 0 Å². The molecule has 31 heavy (non-hydrogen) atoms. The molecule has 1 aromatic heterocycles. The first-order valence-electron chi connectivity index (χ1n) is 10.1. The molecule has 0 saturated heterocycles. The highest BCUT2D eigenvalue weighted by atomic mass is 32.2. The van der Waals surface area contributed by atoms with Crippen molar-refractivity contribution in [3.8, 4) is 17.1 Å². The second-order valence-electron chi connectivity index (χ2n) is 6.94. The van der Waals surface area contributed by atoms with Crippen LogP contribution in [-0.2, 0) is 9.53 Å². The maximum Gasteiger partial charge on any atom is 0.236 e. The van der Waals surface area contributed by atoms with Crippen LogP contribution >= 0.6 is 11.8 Å². The Morgan fingerprint density at radius 1 is 1.16 bits per heavy atom. The van der Waals surface area contributed by atoms with Gasteiger partial charge in [0.2, 0.25) is 11.1 Å². The summed E-state index contributed by atoms with van der Waals surface area (Å²) in [6.07, 6.45) is 0. The Morgan fingerprint density at radius 3 is 2.65 bits per heavy atom. The molecule has 1 aliphatic heterocycles. The number of hydrogen-bond donors (Lipinski definition) is 2. The minimum absolute atomic E-state index is 0.0797. The summed E-state index contributed by atoms with van der Waals surface area (Å²) < 4.78 is 12.5. The van der Waals surface area contributed by atoms with Gasteiger partial charge in [-0.05, 0) is 24.6 Å². The minimum Gasteiger partial charge on any atom is -0.494 e. The number of aromatic nitrogens is 3. The largest absolute Gasteiger partial charge is 0.494 e. The molecular formula is C22H25N5O3S. The molecular weight excluding hydrogens is 414 g/mol. The van der Waals surface area contributed by atoms with Gasteiger partial charge in [-0.1, -0.05) is 54.2 Å². The fourth-order valence-corrected chi connectivity index (χ4v) is 4.50. The van der Waals surface area contributed by atoms with Crippen molar-refractivity contribution >= 4 is 17.7 Å². The molecule has 2 aromatic carbocycles. The molecule has 0 unspecified atom stereocenters. The molecule has 0 spiro atoms. The van der Waals surface area contributed by atoms with Gasteiger partial charge < -0.3 is 20.2 Å². The zero-order valence-electron chi connectivity index (χ0n) is 17.4. The number of amides is 1. The van der Waals surface area contributed by atoms with Gasteiger partial charge in [0.15, 0.2) is 5.82 Å². The van der Waals surface area contributed by atoms with Crippen molar-refractivity contribution in [1.82, 2.24) is 20.2 Å². The first kappa shape index (κ1) is 21.2. The van der Waals surface area contributed by atoms with Crippen LogP contribution in [0.2, 0.25) is 0 Å². The molecule has 0 saturated carbocycles. The third kappa shape index (κ3) is 4.67. The number of carbonyl (C=O) groups is 1. The topological polar surface area (TPSA) is 90.3 Å². The number of carbonyl (C=O) groups excluding carboxylic acids is 1. The third-order valence-electron chi connectivity index (χ3n) is 4.88. The summed E-state index contributed by atoms with van der Waals surface area (Å²) in [6, 6.07) is 17.4. The Morgan fingerprint density at radius 2 is 1.94 bits per heavy atom. The van der Waals surface area contributed by atoms with E-state index in [0.29, 0.717) is 30.7 Å². The number of methoxy groups -OCH3 is 1. The number of ether oxygens (including phenoxy) is 2. The van der Waals surface area contributed by atoms with Crippen LogP contribution in [0.1, 0.15) is 18.5 Å². The van der Waals surface area contributed by atoms with Crippen LogP contribution < -0.4 is 15.5 Å². The second kappa shape index (κ2) is 9.84. The fraction of sp³-hybridized carbons (Fsp3) is 0.318. The monoisotopic (exact) mass is 439 g/mol. The maximum atomic E-state index is 13.0. The first-order chi connectivity index (χ1) is 15.2. The Hall–Kier alpha value is -3.04. The summed E-state index contributed by atoms with van der Waals surface area (Å²) in [5.74, 6) is 1.42. The summed E-state index contributed by atoms with van der Waals surface area (Å²) >= 11 is 1.40. The van der Waals surface area contributed by atoms with E-state index in [2.05, 4.69) is 20.9 Å². The lowest BCUT2D eigenvalue weighted by molar-refractivity contribution is -0.121. The van der Waals surface area contributed by atoms with Crippen molar-refractivity contribution in [2.24, 2.45) is 0 Å². The standard InChI is InChI=1S/C22H25N5O3S/c1-3-30-17-11-9-15(10-12-17)18-19(21(28)23-13-14-29-2)31-22-25-24-20(27(22)26-18)16-7-5-4-6-8-16/h4-12,18-19,26H,3,13-14H2,1-2H3,(H,23,28)/t18-,19+/m1/s1. The van der Waals surface area contributed by atoms with Gasteiger partial charge in [-0.3, -0.25) is 4.79 Å². The van der Waals surface area contributed by atoms with Gasteiger partial charge >= 0.3 is 0 Å². The van der Waals surface area contributed by atoms with Crippen LogP contribution in [-0.4, -0.2) is 52.9 Å². The number of hydrogen-bond acceptors (Lipinski definition) is 7. The molecule has 2 heterocycles. The maximum absolute atomic E-state index is 13.0. The average Bonchev–Trinajstić information content (AvgIpc) is 3.23. The van der Waals surface area contributed by atoms with Gasteiger partial charge in [-0.25, -0.2) is 4.68 Å². The molecule has 2 atom stereocenters. The molecule has 2 N–H and O–H groups in total. The highest BCUT2D eigenvalue weighted by Gasteiger charge is 2.37. The predicted octanol–water partition coefficient (Wildman–Crippen LogP) is 2.87. The van der Waals surface area contributed by atoms with Gasteiger partial charge in [0.1, 0.15) is 11.0 Å². The van der Waals surface area contributed by atoms with Crippen molar-refractivity contribution in [3.05, 3.63) is 60.2 Å². The van der Waals surface area contributed by atoms with Crippen LogP contribution in [0.15, 0.2) is 59.8 Å². The summed E-state index contributed by atoms with van der Waals surface area (Å²) in [6.45, 7) is 3.46. The van der Waals surface area contributed by atoms with Crippen LogP contribution in [0.4, 0.5) is 0 Å². The second-order valence-corrected chi connectivity index (χ2v) is 8.05. The first-order valence-corrected chi connectivity index (χ1v) is 11.0. The van der Waals surface area contributed by atoms with Gasteiger partial charge in [-0.2, -0.15) is 0 Å². The van der Waals surface area contributed by atoms with E-state index in [9.17, 15) is 4.79 Å². The van der Waals surface area contributed by atoms with Gasteiger partial charge in [-0.15, -0.1) is 10.2 Å². The Labute approximate surface area is 185 Å². The van der Waals surface area contributed by atoms with E-state index >= 15 is 0 Å². The smallest absolute Gasteiger partial charge is 0.236 e. The quantitative estimate of drug-likeness (QED) is 0.522. The van der Waals surface area contributed by atoms with E-state index in [1.807, 2.05) is 66.2 Å². The average molecular weight is 440 g/mol.